The van der Waals surface area contributed by atoms with E-state index in [1.54, 1.807) is 24.1 Å². The van der Waals surface area contributed by atoms with Crippen molar-refractivity contribution in [3.63, 3.8) is 0 Å². The summed E-state index contributed by atoms with van der Waals surface area (Å²) in [7, 11) is 1.69. The van der Waals surface area contributed by atoms with Gasteiger partial charge in [0.2, 0.25) is 5.91 Å². The molecule has 2 N–H and O–H groups in total. The second-order valence-electron chi connectivity index (χ2n) is 6.32. The fourth-order valence-corrected chi connectivity index (χ4v) is 2.55. The Bertz CT molecular complexity index is 929. The van der Waals surface area contributed by atoms with Gasteiger partial charge in [-0.3, -0.25) is 4.79 Å². The molecule has 0 aromatic heterocycles. The molecule has 0 saturated carbocycles. The molecule has 0 spiro atoms. The molecule has 0 radical (unpaired) electrons. The summed E-state index contributed by atoms with van der Waals surface area (Å²) in [6.07, 6.45) is 0. The van der Waals surface area contributed by atoms with Gasteiger partial charge in [-0.1, -0.05) is 12.1 Å². The van der Waals surface area contributed by atoms with Crippen LogP contribution in [0.4, 0.5) is 27.6 Å². The third-order valence-corrected chi connectivity index (χ3v) is 3.95. The highest BCUT2D eigenvalue weighted by Gasteiger charge is 2.15. The number of nitrogens with one attached hydrogen (secondary N) is 2. The molecular weight excluding hydrogens is 550 g/mol. The third-order valence-electron chi connectivity index (χ3n) is 3.95. The fourth-order valence-electron chi connectivity index (χ4n) is 2.55. The van der Waals surface area contributed by atoms with Gasteiger partial charge in [-0.15, -0.1) is 24.0 Å². The number of halogens is 6. The van der Waals surface area contributed by atoms with Crippen LogP contribution < -0.4 is 15.4 Å². The molecule has 176 valence electrons. The first kappa shape index (κ1) is 27.4. The molecule has 0 heterocycles. The number of aliphatic imine (C=N–C) groups is 1. The molecule has 0 saturated heterocycles. The number of hydrogen-bond donors (Lipinski definition) is 2. The van der Waals surface area contributed by atoms with E-state index < -0.39 is 42.2 Å². The number of carbonyl (C=O) groups excluding carboxylic acids is 1. The third kappa shape index (κ3) is 8.13. The zero-order valence-electron chi connectivity index (χ0n) is 17.2. The highest BCUT2D eigenvalue weighted by Crippen LogP contribution is 2.19. The standard InChI is InChI=1S/C20H21F5N4O2.HI/c1-3-26-20(29(2)11-12-4-6-13(7-5-12)31-19(24)25)27-10-16(30)28-15-9-8-14(21)17(22)18(15)23;/h4-9,19H,3,10-11H2,1-2H3,(H,26,27)(H,28,30);1H. The SMILES string of the molecule is CCNC(=NCC(=O)Nc1ccc(F)c(F)c1F)N(C)Cc1ccc(OC(F)F)cc1.I. The second kappa shape index (κ2) is 13.0. The van der Waals surface area contributed by atoms with E-state index in [4.69, 9.17) is 0 Å². The normalized spacial score (nSPS) is 11.1. The summed E-state index contributed by atoms with van der Waals surface area (Å²) in [6, 6.07) is 7.64. The van der Waals surface area contributed by atoms with Crippen molar-refractivity contribution in [2.24, 2.45) is 4.99 Å². The molecule has 2 aromatic rings. The lowest BCUT2D eigenvalue weighted by molar-refractivity contribution is -0.114. The number of nitrogens with zero attached hydrogens (tertiary/aromatic N) is 2. The number of amides is 1. The lowest BCUT2D eigenvalue weighted by atomic mass is 10.2. The van der Waals surface area contributed by atoms with E-state index in [-0.39, 0.29) is 29.7 Å². The molecule has 2 rings (SSSR count). The number of benzene rings is 2. The van der Waals surface area contributed by atoms with Crippen LogP contribution in [0.1, 0.15) is 12.5 Å². The molecular formula is C20H22F5IN4O2. The summed E-state index contributed by atoms with van der Waals surface area (Å²) < 4.78 is 68.7. The Kier molecular flexibility index (Phi) is 11.2. The van der Waals surface area contributed by atoms with Gasteiger partial charge in [0.1, 0.15) is 12.3 Å². The number of anilines is 1. The number of carbonyl (C=O) groups is 1. The fraction of sp³-hybridized carbons (Fsp3) is 0.300. The molecule has 6 nitrogen and oxygen atoms in total. The predicted molar refractivity (Wildman–Crippen MR) is 121 cm³/mol. The van der Waals surface area contributed by atoms with Crippen LogP contribution in [0.25, 0.3) is 0 Å². The predicted octanol–water partition coefficient (Wildman–Crippen LogP) is 4.36. The lowest BCUT2D eigenvalue weighted by Crippen LogP contribution is -2.39. The average Bonchev–Trinajstić information content (AvgIpc) is 2.72. The summed E-state index contributed by atoms with van der Waals surface area (Å²) in [5.74, 6) is -4.90. The Balaban J connectivity index is 0.00000512. The number of alkyl halides is 2. The van der Waals surface area contributed by atoms with Crippen LogP contribution in [0.2, 0.25) is 0 Å². The number of guanidine groups is 1. The van der Waals surface area contributed by atoms with Gasteiger partial charge in [0.25, 0.3) is 0 Å². The highest BCUT2D eigenvalue weighted by molar-refractivity contribution is 14.0. The van der Waals surface area contributed by atoms with Crippen LogP contribution in [0.3, 0.4) is 0 Å². The quantitative estimate of drug-likeness (QED) is 0.162. The molecule has 0 aliphatic carbocycles. The summed E-state index contributed by atoms with van der Waals surface area (Å²) in [5.41, 5.74) is 0.270. The van der Waals surface area contributed by atoms with E-state index in [1.807, 2.05) is 6.92 Å². The van der Waals surface area contributed by atoms with Crippen LogP contribution in [0.5, 0.6) is 5.75 Å². The Morgan fingerprint density at radius 1 is 1.09 bits per heavy atom. The van der Waals surface area contributed by atoms with Gasteiger partial charge in [-0.25, -0.2) is 18.2 Å². The van der Waals surface area contributed by atoms with E-state index in [0.29, 0.717) is 25.1 Å². The van der Waals surface area contributed by atoms with Crippen molar-refractivity contribution in [2.45, 2.75) is 20.1 Å². The van der Waals surface area contributed by atoms with Crippen LogP contribution in [0.15, 0.2) is 41.4 Å². The van der Waals surface area contributed by atoms with Gasteiger partial charge in [0, 0.05) is 20.1 Å². The number of ether oxygens (including phenoxy) is 1. The average molecular weight is 572 g/mol. The maximum atomic E-state index is 13.7. The Morgan fingerprint density at radius 3 is 2.34 bits per heavy atom. The summed E-state index contributed by atoms with van der Waals surface area (Å²) in [4.78, 5) is 17.9. The maximum Gasteiger partial charge on any atom is 0.387 e. The Hall–Kier alpha value is -2.64. The highest BCUT2D eigenvalue weighted by atomic mass is 127. The van der Waals surface area contributed by atoms with E-state index in [1.165, 1.54) is 12.1 Å². The van der Waals surface area contributed by atoms with E-state index in [0.717, 1.165) is 11.6 Å². The van der Waals surface area contributed by atoms with Crippen molar-refractivity contribution in [1.29, 1.82) is 0 Å². The van der Waals surface area contributed by atoms with Crippen LogP contribution in [-0.2, 0) is 11.3 Å². The monoisotopic (exact) mass is 572 g/mol. The first-order valence-electron chi connectivity index (χ1n) is 9.17. The summed E-state index contributed by atoms with van der Waals surface area (Å²) >= 11 is 0. The first-order valence-corrected chi connectivity index (χ1v) is 9.17. The van der Waals surface area contributed by atoms with Gasteiger partial charge in [0.15, 0.2) is 23.4 Å². The first-order chi connectivity index (χ1) is 14.7. The summed E-state index contributed by atoms with van der Waals surface area (Å²) in [5, 5.41) is 5.11. The van der Waals surface area contributed by atoms with Gasteiger partial charge >= 0.3 is 6.61 Å². The van der Waals surface area contributed by atoms with Gasteiger partial charge in [-0.05, 0) is 36.8 Å². The van der Waals surface area contributed by atoms with Crippen molar-refractivity contribution >= 4 is 41.5 Å². The largest absolute Gasteiger partial charge is 0.435 e. The molecule has 2 aromatic carbocycles. The van der Waals surface area contributed by atoms with Gasteiger partial charge < -0.3 is 20.3 Å². The lowest BCUT2D eigenvalue weighted by Gasteiger charge is -2.22. The topological polar surface area (TPSA) is 66.0 Å². The van der Waals surface area contributed by atoms with Crippen molar-refractivity contribution in [3.8, 4) is 5.75 Å². The summed E-state index contributed by atoms with van der Waals surface area (Å²) in [6.45, 7) is -0.681. The van der Waals surface area contributed by atoms with Gasteiger partial charge in [-0.2, -0.15) is 8.78 Å². The molecule has 0 fully saturated rings. The molecule has 1 amide bonds. The molecule has 0 aliphatic rings. The molecule has 0 bridgehead atoms. The molecule has 32 heavy (non-hydrogen) atoms. The maximum absolute atomic E-state index is 13.7. The van der Waals surface area contributed by atoms with Crippen molar-refractivity contribution in [3.05, 3.63) is 59.4 Å². The van der Waals surface area contributed by atoms with Crippen molar-refractivity contribution < 1.29 is 31.5 Å². The Morgan fingerprint density at radius 2 is 1.75 bits per heavy atom. The van der Waals surface area contributed by atoms with Crippen molar-refractivity contribution in [1.82, 2.24) is 10.2 Å². The van der Waals surface area contributed by atoms with Crippen LogP contribution in [-0.4, -0.2) is 43.5 Å². The van der Waals surface area contributed by atoms with E-state index in [9.17, 15) is 26.7 Å². The zero-order valence-corrected chi connectivity index (χ0v) is 19.5. The van der Waals surface area contributed by atoms with Crippen molar-refractivity contribution in [2.75, 3.05) is 25.5 Å². The van der Waals surface area contributed by atoms with E-state index >= 15 is 0 Å². The molecule has 0 atom stereocenters. The van der Waals surface area contributed by atoms with Gasteiger partial charge in [0.05, 0.1) is 5.69 Å². The zero-order chi connectivity index (χ0) is 23.0. The molecule has 12 heteroatoms. The van der Waals surface area contributed by atoms with Crippen LogP contribution in [0, 0.1) is 17.5 Å². The second-order valence-corrected chi connectivity index (χ2v) is 6.32. The number of rotatable bonds is 8. The molecule has 0 aliphatic heterocycles. The smallest absolute Gasteiger partial charge is 0.387 e. The number of hydrogen-bond acceptors (Lipinski definition) is 3. The minimum atomic E-state index is -2.91. The van der Waals surface area contributed by atoms with Crippen LogP contribution >= 0.6 is 24.0 Å². The van der Waals surface area contributed by atoms with E-state index in [2.05, 4.69) is 20.4 Å². The molecule has 0 unspecified atom stereocenters. The Labute approximate surface area is 198 Å². The minimum absolute atomic E-state index is 0. The minimum Gasteiger partial charge on any atom is -0.435 e.